The number of piperazine rings is 1. The van der Waals surface area contributed by atoms with E-state index in [0.717, 1.165) is 87.4 Å². The third kappa shape index (κ3) is 8.72. The molecule has 55 heavy (non-hydrogen) atoms. The molecule has 8 rings (SSSR count). The number of pyridine rings is 2. The molecule has 1 aliphatic rings. The molecule has 0 aliphatic carbocycles. The van der Waals surface area contributed by atoms with Gasteiger partial charge >= 0.3 is 0 Å². The Morgan fingerprint density at radius 1 is 0.655 bits per heavy atom. The molecular formula is C45H44N8O2. The van der Waals surface area contributed by atoms with Gasteiger partial charge in [-0.2, -0.15) is 0 Å². The number of hydrogen-bond acceptors (Lipinski definition) is 6. The van der Waals surface area contributed by atoms with Crippen LogP contribution in [0.15, 0.2) is 134 Å². The van der Waals surface area contributed by atoms with Crippen molar-refractivity contribution in [2.75, 3.05) is 57.5 Å². The number of rotatable bonds is 8. The Bertz CT molecular complexity index is 2440. The molecule has 1 aliphatic heterocycles. The number of carbonyl (C=O) groups excluding carboxylic acids is 2. The summed E-state index contributed by atoms with van der Waals surface area (Å²) in [6, 6.07) is 35.2. The van der Waals surface area contributed by atoms with Crippen molar-refractivity contribution in [1.82, 2.24) is 29.7 Å². The summed E-state index contributed by atoms with van der Waals surface area (Å²) in [6.07, 6.45) is 11.2. The minimum absolute atomic E-state index is 0.0857. The number of aromatic amines is 2. The number of nitrogens with zero attached hydrogens (tertiary/aromatic N) is 5. The molecule has 0 bridgehead atoms. The van der Waals surface area contributed by atoms with Crippen molar-refractivity contribution in [2.24, 2.45) is 0 Å². The Balaban J connectivity index is 0.000000170. The van der Waals surface area contributed by atoms with Crippen LogP contribution in [0.3, 0.4) is 0 Å². The quantitative estimate of drug-likeness (QED) is 0.138. The van der Waals surface area contributed by atoms with Crippen molar-refractivity contribution in [2.45, 2.75) is 0 Å². The first-order valence-corrected chi connectivity index (χ1v) is 18.3. The molecule has 4 aromatic heterocycles. The lowest BCUT2D eigenvalue weighted by Crippen LogP contribution is -2.47. The summed E-state index contributed by atoms with van der Waals surface area (Å²) in [5, 5.41) is 5.01. The Labute approximate surface area is 320 Å². The second-order valence-electron chi connectivity index (χ2n) is 13.6. The molecule has 5 heterocycles. The van der Waals surface area contributed by atoms with E-state index in [2.05, 4.69) is 37.2 Å². The lowest BCUT2D eigenvalue weighted by molar-refractivity contribution is -0.126. The number of amides is 2. The monoisotopic (exact) mass is 728 g/mol. The van der Waals surface area contributed by atoms with Gasteiger partial charge in [-0.3, -0.25) is 9.59 Å². The van der Waals surface area contributed by atoms with E-state index >= 15 is 0 Å². The Hall–Kier alpha value is -6.78. The topological polar surface area (TPSA) is 113 Å². The molecule has 1 saturated heterocycles. The fourth-order valence-electron chi connectivity index (χ4n) is 6.51. The number of benzene rings is 3. The van der Waals surface area contributed by atoms with Gasteiger partial charge in [-0.15, -0.1) is 0 Å². The maximum atomic E-state index is 13.3. The highest BCUT2D eigenvalue weighted by atomic mass is 16.2. The Morgan fingerprint density at radius 3 is 1.69 bits per heavy atom. The van der Waals surface area contributed by atoms with Gasteiger partial charge in [0.15, 0.2) is 0 Å². The summed E-state index contributed by atoms with van der Waals surface area (Å²) >= 11 is 0. The van der Waals surface area contributed by atoms with Crippen LogP contribution in [0.25, 0.3) is 45.4 Å². The van der Waals surface area contributed by atoms with Crippen LogP contribution in [0.4, 0.5) is 11.4 Å². The summed E-state index contributed by atoms with van der Waals surface area (Å²) in [7, 11) is 6.06. The number of H-pyrrole nitrogens is 2. The SMILES string of the molecule is CN(C)c1ccc(NC(=O)C(=Cc2c[nH]c3ncccc23)c2ccccc2)cc1.CN1CCN(C(=O)C(=Cc2c[nH]c3ncccc23)c2ccccc2)CC1. The second-order valence-corrected chi connectivity index (χ2v) is 13.6. The normalized spacial score (nSPS) is 13.7. The standard InChI is InChI=1S/C24H22N4O.C21H22N4O/c1-28(2)20-12-10-19(11-13-20)27-24(29)22(17-7-4-3-5-8-17)15-18-16-26-23-21(18)9-6-14-25-23;1-24-10-12-25(13-11-24)21(26)19(16-6-3-2-4-7-16)14-17-15-23-20-18(17)8-5-9-22-20/h3-16H,1-2H3,(H,25,26)(H,27,29);2-9,14-15H,10-13H2,1H3,(H,22,23). The molecule has 0 saturated carbocycles. The second kappa shape index (κ2) is 16.9. The van der Waals surface area contributed by atoms with Gasteiger partial charge in [-0.05, 0) is 78.9 Å². The molecule has 10 heteroatoms. The van der Waals surface area contributed by atoms with Crippen LogP contribution >= 0.6 is 0 Å². The molecule has 10 nitrogen and oxygen atoms in total. The average Bonchev–Trinajstić information content (AvgIpc) is 3.84. The summed E-state index contributed by atoms with van der Waals surface area (Å²) in [6.45, 7) is 3.33. The van der Waals surface area contributed by atoms with Gasteiger partial charge in [0.25, 0.3) is 11.8 Å². The summed E-state index contributed by atoms with van der Waals surface area (Å²) in [5.41, 5.74) is 8.47. The number of nitrogens with one attached hydrogen (secondary N) is 3. The predicted molar refractivity (Wildman–Crippen MR) is 224 cm³/mol. The van der Waals surface area contributed by atoms with E-state index in [1.54, 1.807) is 12.4 Å². The minimum atomic E-state index is -0.160. The molecule has 0 unspecified atom stereocenters. The third-order valence-corrected chi connectivity index (χ3v) is 9.64. The van der Waals surface area contributed by atoms with Gasteiger partial charge in [0.2, 0.25) is 0 Å². The zero-order valence-electron chi connectivity index (χ0n) is 31.2. The number of hydrogen-bond donors (Lipinski definition) is 3. The highest BCUT2D eigenvalue weighted by Crippen LogP contribution is 2.27. The molecule has 0 radical (unpaired) electrons. The molecular weight excluding hydrogens is 685 g/mol. The lowest BCUT2D eigenvalue weighted by Gasteiger charge is -2.33. The first-order chi connectivity index (χ1) is 26.8. The average molecular weight is 729 g/mol. The number of aromatic nitrogens is 4. The highest BCUT2D eigenvalue weighted by Gasteiger charge is 2.23. The maximum Gasteiger partial charge on any atom is 0.256 e. The molecule has 3 aromatic carbocycles. The maximum absolute atomic E-state index is 13.3. The van der Waals surface area contributed by atoms with Crippen LogP contribution in [-0.2, 0) is 9.59 Å². The molecule has 7 aromatic rings. The van der Waals surface area contributed by atoms with Crippen LogP contribution in [0, 0.1) is 0 Å². The van der Waals surface area contributed by atoms with Gasteiger partial charge < -0.3 is 30.0 Å². The van der Waals surface area contributed by atoms with E-state index in [9.17, 15) is 9.59 Å². The Morgan fingerprint density at radius 2 is 1.16 bits per heavy atom. The van der Waals surface area contributed by atoms with Crippen LogP contribution in [0.1, 0.15) is 22.3 Å². The van der Waals surface area contributed by atoms with Gasteiger partial charge in [0, 0.05) is 109 Å². The van der Waals surface area contributed by atoms with E-state index in [0.29, 0.717) is 5.57 Å². The fourth-order valence-corrected chi connectivity index (χ4v) is 6.51. The molecule has 276 valence electrons. The van der Waals surface area contributed by atoms with Gasteiger partial charge in [-0.25, -0.2) is 9.97 Å². The fraction of sp³-hybridized carbons (Fsp3) is 0.156. The van der Waals surface area contributed by atoms with E-state index in [1.807, 2.05) is 158 Å². The largest absolute Gasteiger partial charge is 0.378 e. The van der Waals surface area contributed by atoms with Crippen LogP contribution in [0.5, 0.6) is 0 Å². The van der Waals surface area contributed by atoms with E-state index in [4.69, 9.17) is 0 Å². The van der Waals surface area contributed by atoms with Crippen molar-refractivity contribution in [1.29, 1.82) is 0 Å². The summed E-state index contributed by atoms with van der Waals surface area (Å²) in [5.74, 6) is -0.0745. The van der Waals surface area contributed by atoms with Crippen molar-refractivity contribution in [3.8, 4) is 0 Å². The lowest BCUT2D eigenvalue weighted by atomic mass is 10.0. The van der Waals surface area contributed by atoms with Crippen molar-refractivity contribution < 1.29 is 9.59 Å². The number of likely N-dealkylation sites (N-methyl/N-ethyl adjacent to an activating group) is 1. The van der Waals surface area contributed by atoms with Gasteiger partial charge in [0.1, 0.15) is 11.3 Å². The zero-order valence-corrected chi connectivity index (χ0v) is 31.2. The van der Waals surface area contributed by atoms with Crippen LogP contribution in [0.2, 0.25) is 0 Å². The van der Waals surface area contributed by atoms with Crippen molar-refractivity contribution in [3.05, 3.63) is 156 Å². The third-order valence-electron chi connectivity index (χ3n) is 9.64. The number of fused-ring (bicyclic) bond motifs is 2. The van der Waals surface area contributed by atoms with Crippen molar-refractivity contribution >= 4 is 68.6 Å². The van der Waals surface area contributed by atoms with Gasteiger partial charge in [-0.1, -0.05) is 60.7 Å². The summed E-state index contributed by atoms with van der Waals surface area (Å²) < 4.78 is 0. The molecule has 1 fully saturated rings. The van der Waals surface area contributed by atoms with Crippen LogP contribution in [-0.4, -0.2) is 88.9 Å². The van der Waals surface area contributed by atoms with E-state index in [1.165, 1.54) is 0 Å². The number of carbonyl (C=O) groups is 2. The highest BCUT2D eigenvalue weighted by molar-refractivity contribution is 6.29. The predicted octanol–water partition coefficient (Wildman–Crippen LogP) is 7.69. The Kier molecular flexibility index (Phi) is 11.2. The smallest absolute Gasteiger partial charge is 0.256 e. The van der Waals surface area contributed by atoms with E-state index < -0.39 is 0 Å². The molecule has 0 atom stereocenters. The zero-order chi connectivity index (χ0) is 38.1. The van der Waals surface area contributed by atoms with Gasteiger partial charge in [0.05, 0.1) is 0 Å². The molecule has 0 spiro atoms. The summed E-state index contributed by atoms with van der Waals surface area (Å²) in [4.78, 5) is 47.7. The minimum Gasteiger partial charge on any atom is -0.378 e. The molecule has 3 N–H and O–H groups in total. The van der Waals surface area contributed by atoms with E-state index in [-0.39, 0.29) is 11.8 Å². The molecule has 2 amide bonds. The first kappa shape index (κ1) is 36.6. The van der Waals surface area contributed by atoms with Crippen molar-refractivity contribution in [3.63, 3.8) is 0 Å². The number of anilines is 2. The van der Waals surface area contributed by atoms with Crippen LogP contribution < -0.4 is 10.2 Å². The first-order valence-electron chi connectivity index (χ1n) is 18.3.